The SMILES string of the molecule is CN(Cc1ccccc1)CC(NC(=O)OCC1c2ccccc2-c2ccccc21)C(=O)NC(CC(=O)O)C1CC1. The van der Waals surface area contributed by atoms with Crippen molar-refractivity contribution >= 4 is 18.0 Å². The van der Waals surface area contributed by atoms with Crippen LogP contribution >= 0.6 is 0 Å². The molecule has 3 N–H and O–H groups in total. The van der Waals surface area contributed by atoms with Gasteiger partial charge in [0.05, 0.1) is 6.42 Å². The van der Waals surface area contributed by atoms with Crippen LogP contribution in [-0.2, 0) is 20.9 Å². The molecule has 0 spiro atoms. The molecular formula is C32H35N3O5. The fourth-order valence-corrected chi connectivity index (χ4v) is 5.55. The Hall–Kier alpha value is -4.17. The predicted octanol–water partition coefficient (Wildman–Crippen LogP) is 4.40. The number of hydrogen-bond donors (Lipinski definition) is 3. The number of alkyl carbamates (subject to hydrolysis) is 1. The molecule has 0 aromatic heterocycles. The van der Waals surface area contributed by atoms with E-state index in [1.165, 1.54) is 0 Å². The van der Waals surface area contributed by atoms with E-state index in [2.05, 4.69) is 34.9 Å². The first-order valence-electron chi connectivity index (χ1n) is 13.7. The summed E-state index contributed by atoms with van der Waals surface area (Å²) in [7, 11) is 1.88. The number of nitrogens with one attached hydrogen (secondary N) is 2. The van der Waals surface area contributed by atoms with Crippen LogP contribution in [0, 0.1) is 5.92 Å². The van der Waals surface area contributed by atoms with Gasteiger partial charge in [-0.3, -0.25) is 14.5 Å². The topological polar surface area (TPSA) is 108 Å². The Morgan fingerprint density at radius 1 is 0.900 bits per heavy atom. The van der Waals surface area contributed by atoms with Crippen LogP contribution in [-0.4, -0.2) is 60.3 Å². The van der Waals surface area contributed by atoms with Gasteiger partial charge in [0.15, 0.2) is 0 Å². The van der Waals surface area contributed by atoms with Crippen molar-refractivity contribution in [3.8, 4) is 11.1 Å². The minimum atomic E-state index is -0.959. The Bertz CT molecular complexity index is 1310. The third-order valence-corrected chi connectivity index (χ3v) is 7.66. The zero-order valence-corrected chi connectivity index (χ0v) is 22.6. The second-order valence-electron chi connectivity index (χ2n) is 10.8. The van der Waals surface area contributed by atoms with E-state index in [1.807, 2.05) is 66.5 Å². The van der Waals surface area contributed by atoms with Gasteiger partial charge in [0.1, 0.15) is 12.6 Å². The third-order valence-electron chi connectivity index (χ3n) is 7.66. The van der Waals surface area contributed by atoms with E-state index >= 15 is 0 Å². The van der Waals surface area contributed by atoms with Crippen LogP contribution in [0.3, 0.4) is 0 Å². The predicted molar refractivity (Wildman–Crippen MR) is 152 cm³/mol. The lowest BCUT2D eigenvalue weighted by Crippen LogP contribution is -2.54. The van der Waals surface area contributed by atoms with E-state index < -0.39 is 30.1 Å². The molecule has 8 heteroatoms. The summed E-state index contributed by atoms with van der Waals surface area (Å²) in [4.78, 5) is 39.8. The molecule has 1 fully saturated rings. The highest BCUT2D eigenvalue weighted by Gasteiger charge is 2.36. The lowest BCUT2D eigenvalue weighted by molar-refractivity contribution is -0.138. The summed E-state index contributed by atoms with van der Waals surface area (Å²) in [5, 5.41) is 15.0. The van der Waals surface area contributed by atoms with Gasteiger partial charge < -0.3 is 20.5 Å². The molecule has 5 rings (SSSR count). The summed E-state index contributed by atoms with van der Waals surface area (Å²) in [6, 6.07) is 24.7. The number of ether oxygens (including phenoxy) is 1. The Morgan fingerprint density at radius 3 is 2.10 bits per heavy atom. The van der Waals surface area contributed by atoms with Gasteiger partial charge in [0.25, 0.3) is 0 Å². The first-order chi connectivity index (χ1) is 19.4. The van der Waals surface area contributed by atoms with E-state index in [-0.39, 0.29) is 31.4 Å². The number of aliphatic carboxylic acids is 1. The van der Waals surface area contributed by atoms with Gasteiger partial charge in [-0.1, -0.05) is 78.9 Å². The minimum Gasteiger partial charge on any atom is -0.481 e. The largest absolute Gasteiger partial charge is 0.481 e. The van der Waals surface area contributed by atoms with Crippen molar-refractivity contribution < 1.29 is 24.2 Å². The lowest BCUT2D eigenvalue weighted by atomic mass is 9.98. The fraction of sp³-hybridized carbons (Fsp3) is 0.344. The zero-order valence-electron chi connectivity index (χ0n) is 22.6. The van der Waals surface area contributed by atoms with Gasteiger partial charge in [0, 0.05) is 25.0 Å². The highest BCUT2D eigenvalue weighted by Crippen LogP contribution is 2.44. The summed E-state index contributed by atoms with van der Waals surface area (Å²) < 4.78 is 5.71. The molecule has 208 valence electrons. The molecule has 3 aromatic rings. The van der Waals surface area contributed by atoms with E-state index in [9.17, 15) is 19.5 Å². The number of carboxylic acid groups (broad SMARTS) is 1. The summed E-state index contributed by atoms with van der Waals surface area (Å²) in [5.41, 5.74) is 5.56. The summed E-state index contributed by atoms with van der Waals surface area (Å²) in [6.07, 6.45) is 0.942. The highest BCUT2D eigenvalue weighted by atomic mass is 16.5. The molecule has 0 radical (unpaired) electrons. The Morgan fingerprint density at radius 2 is 1.50 bits per heavy atom. The van der Waals surface area contributed by atoms with E-state index in [0.29, 0.717) is 6.54 Å². The number of carboxylic acids is 1. The maximum atomic E-state index is 13.4. The molecule has 2 atom stereocenters. The van der Waals surface area contributed by atoms with Gasteiger partial charge >= 0.3 is 12.1 Å². The first kappa shape index (κ1) is 27.4. The molecule has 1 saturated carbocycles. The number of hydrogen-bond acceptors (Lipinski definition) is 5. The smallest absolute Gasteiger partial charge is 0.407 e. The second-order valence-corrected chi connectivity index (χ2v) is 10.8. The molecule has 2 amide bonds. The number of fused-ring (bicyclic) bond motifs is 3. The van der Waals surface area contributed by atoms with Crippen LogP contribution in [0.4, 0.5) is 4.79 Å². The number of rotatable bonds is 12. The number of carbonyl (C=O) groups is 3. The minimum absolute atomic E-state index is 0.0963. The standard InChI is InChI=1S/C32H35N3O5/c1-35(18-21-9-3-2-4-10-21)19-29(31(38)33-28(17-30(36)37)22-15-16-22)34-32(39)40-20-27-25-13-7-5-11-23(25)24-12-6-8-14-26(24)27/h2-14,22,27-29H,15-20H2,1H3,(H,33,38)(H,34,39)(H,36,37). The molecule has 2 unspecified atom stereocenters. The van der Waals surface area contributed by atoms with Crippen LogP contribution in [0.25, 0.3) is 11.1 Å². The maximum Gasteiger partial charge on any atom is 0.407 e. The van der Waals surface area contributed by atoms with Crippen LogP contribution in [0.1, 0.15) is 41.9 Å². The number of amides is 2. The Balaban J connectivity index is 1.26. The van der Waals surface area contributed by atoms with Crippen molar-refractivity contribution in [2.24, 2.45) is 5.92 Å². The van der Waals surface area contributed by atoms with E-state index in [4.69, 9.17) is 4.74 Å². The Labute approximate surface area is 234 Å². The average molecular weight is 542 g/mol. The molecule has 3 aromatic carbocycles. The number of nitrogens with zero attached hydrogens (tertiary/aromatic N) is 1. The van der Waals surface area contributed by atoms with Crippen LogP contribution in [0.5, 0.6) is 0 Å². The van der Waals surface area contributed by atoms with Crippen molar-refractivity contribution in [1.82, 2.24) is 15.5 Å². The van der Waals surface area contributed by atoms with Gasteiger partial charge in [-0.05, 0) is 53.6 Å². The van der Waals surface area contributed by atoms with Crippen molar-refractivity contribution in [3.63, 3.8) is 0 Å². The third kappa shape index (κ3) is 6.69. The first-order valence-corrected chi connectivity index (χ1v) is 13.7. The maximum absolute atomic E-state index is 13.4. The lowest BCUT2D eigenvalue weighted by Gasteiger charge is -2.26. The average Bonchev–Trinajstić information content (AvgIpc) is 3.74. The number of carbonyl (C=O) groups excluding carboxylic acids is 2. The zero-order chi connectivity index (χ0) is 28.1. The summed E-state index contributed by atoms with van der Waals surface area (Å²) >= 11 is 0. The summed E-state index contributed by atoms with van der Waals surface area (Å²) in [5.74, 6) is -1.32. The normalized spacial score (nSPS) is 15.6. The number of likely N-dealkylation sites (N-methyl/N-ethyl adjacent to an activating group) is 1. The highest BCUT2D eigenvalue weighted by molar-refractivity contribution is 5.86. The van der Waals surface area contributed by atoms with Crippen molar-refractivity contribution in [2.75, 3.05) is 20.2 Å². The van der Waals surface area contributed by atoms with Gasteiger partial charge in [-0.15, -0.1) is 0 Å². The molecule has 0 bridgehead atoms. The van der Waals surface area contributed by atoms with Crippen LogP contribution < -0.4 is 10.6 Å². The van der Waals surface area contributed by atoms with E-state index in [1.54, 1.807) is 0 Å². The second kappa shape index (κ2) is 12.3. The van der Waals surface area contributed by atoms with Crippen molar-refractivity contribution in [2.45, 2.75) is 43.8 Å². The molecule has 0 aliphatic heterocycles. The molecule has 2 aliphatic rings. The van der Waals surface area contributed by atoms with Crippen molar-refractivity contribution in [3.05, 3.63) is 95.6 Å². The van der Waals surface area contributed by atoms with Gasteiger partial charge in [-0.2, -0.15) is 0 Å². The molecule has 40 heavy (non-hydrogen) atoms. The fourth-order valence-electron chi connectivity index (χ4n) is 5.55. The van der Waals surface area contributed by atoms with Gasteiger partial charge in [-0.25, -0.2) is 4.79 Å². The quantitative estimate of drug-likeness (QED) is 0.314. The van der Waals surface area contributed by atoms with Crippen molar-refractivity contribution in [1.29, 1.82) is 0 Å². The van der Waals surface area contributed by atoms with Crippen LogP contribution in [0.15, 0.2) is 78.9 Å². The number of benzene rings is 3. The molecule has 0 saturated heterocycles. The molecular weight excluding hydrogens is 506 g/mol. The van der Waals surface area contributed by atoms with Crippen LogP contribution in [0.2, 0.25) is 0 Å². The Kier molecular flexibility index (Phi) is 8.45. The molecule has 2 aliphatic carbocycles. The molecule has 8 nitrogen and oxygen atoms in total. The molecule has 0 heterocycles. The van der Waals surface area contributed by atoms with Gasteiger partial charge in [0.2, 0.25) is 5.91 Å². The summed E-state index contributed by atoms with van der Waals surface area (Å²) in [6.45, 7) is 0.950. The van der Waals surface area contributed by atoms with E-state index in [0.717, 1.165) is 40.7 Å². The monoisotopic (exact) mass is 541 g/mol.